The first-order valence-electron chi connectivity index (χ1n) is 12.4. The van der Waals surface area contributed by atoms with Crippen LogP contribution in [0.25, 0.3) is 0 Å². The number of hydrazone groups is 1. The van der Waals surface area contributed by atoms with Crippen molar-refractivity contribution in [3.05, 3.63) is 129 Å². The number of halogens is 1. The minimum absolute atomic E-state index is 0.134. The van der Waals surface area contributed by atoms with E-state index in [0.717, 1.165) is 0 Å². The van der Waals surface area contributed by atoms with Crippen LogP contribution in [0.2, 0.25) is 0 Å². The average molecular weight is 603 g/mol. The molecule has 4 rings (SSSR count). The molecule has 0 saturated carbocycles. The zero-order chi connectivity index (χ0) is 28.5. The number of carboxylic acids is 1. The van der Waals surface area contributed by atoms with Gasteiger partial charge in [-0.3, -0.25) is 4.79 Å². The van der Waals surface area contributed by atoms with E-state index in [1.165, 1.54) is 12.3 Å². The molecule has 9 heteroatoms. The smallest absolute Gasteiger partial charge is 0.335 e. The number of nitrogens with zero attached hydrogens (tertiary/aromatic N) is 1. The summed E-state index contributed by atoms with van der Waals surface area (Å²) in [7, 11) is 0. The van der Waals surface area contributed by atoms with Crippen molar-refractivity contribution in [1.29, 1.82) is 0 Å². The van der Waals surface area contributed by atoms with Gasteiger partial charge in [0.05, 0.1) is 18.4 Å². The molecule has 4 aromatic carbocycles. The normalized spacial score (nSPS) is 11.3. The standard InChI is InChI=1S/C31H27BrN2O6/c1-2-39-27-17-23(26(32)18-28(27)40-20-21-10-9-11-22(16-21)29(35)36)19-33-34-30(37)31(38,24-12-5-3-6-13-24)25-14-7-4-8-15-25/h3-19,38H,2,20H2,1H3,(H,34,37)(H,35,36)/b33-19-. The number of amides is 1. The van der Waals surface area contributed by atoms with Gasteiger partial charge in [-0.05, 0) is 63.8 Å². The van der Waals surface area contributed by atoms with Crippen molar-refractivity contribution in [3.63, 3.8) is 0 Å². The first-order valence-corrected chi connectivity index (χ1v) is 13.2. The Morgan fingerprint density at radius 2 is 1.52 bits per heavy atom. The van der Waals surface area contributed by atoms with Crippen LogP contribution < -0.4 is 14.9 Å². The molecule has 0 bridgehead atoms. The highest BCUT2D eigenvalue weighted by atomic mass is 79.9. The third-order valence-corrected chi connectivity index (χ3v) is 6.70. The Morgan fingerprint density at radius 1 is 0.900 bits per heavy atom. The topological polar surface area (TPSA) is 117 Å². The number of ether oxygens (including phenoxy) is 2. The number of nitrogens with one attached hydrogen (secondary N) is 1. The van der Waals surface area contributed by atoms with E-state index in [9.17, 15) is 19.8 Å². The summed E-state index contributed by atoms with van der Waals surface area (Å²) in [5.41, 5.74) is 2.77. The van der Waals surface area contributed by atoms with Crippen molar-refractivity contribution in [2.45, 2.75) is 19.1 Å². The summed E-state index contributed by atoms with van der Waals surface area (Å²) >= 11 is 3.50. The van der Waals surface area contributed by atoms with Crippen molar-refractivity contribution in [3.8, 4) is 11.5 Å². The van der Waals surface area contributed by atoms with E-state index in [-0.39, 0.29) is 12.2 Å². The number of carbonyl (C=O) groups excluding carboxylic acids is 1. The van der Waals surface area contributed by atoms with Crippen LogP contribution in [0.4, 0.5) is 0 Å². The summed E-state index contributed by atoms with van der Waals surface area (Å²) in [4.78, 5) is 24.5. The zero-order valence-corrected chi connectivity index (χ0v) is 23.2. The molecule has 0 radical (unpaired) electrons. The number of aliphatic hydroxyl groups is 1. The van der Waals surface area contributed by atoms with Crippen LogP contribution in [0, 0.1) is 0 Å². The molecule has 40 heavy (non-hydrogen) atoms. The van der Waals surface area contributed by atoms with Crippen LogP contribution >= 0.6 is 15.9 Å². The lowest BCUT2D eigenvalue weighted by Crippen LogP contribution is -2.43. The number of rotatable bonds is 11. The molecule has 0 atom stereocenters. The molecular formula is C31H27BrN2O6. The molecular weight excluding hydrogens is 576 g/mol. The quantitative estimate of drug-likeness (QED) is 0.154. The van der Waals surface area contributed by atoms with Crippen molar-refractivity contribution in [1.82, 2.24) is 5.43 Å². The molecule has 0 aliphatic carbocycles. The minimum Gasteiger partial charge on any atom is -0.490 e. The van der Waals surface area contributed by atoms with Gasteiger partial charge in [-0.15, -0.1) is 0 Å². The van der Waals surface area contributed by atoms with Crippen LogP contribution in [0.15, 0.2) is 107 Å². The predicted molar refractivity (Wildman–Crippen MR) is 155 cm³/mol. The monoisotopic (exact) mass is 602 g/mol. The third kappa shape index (κ3) is 6.56. The van der Waals surface area contributed by atoms with E-state index in [2.05, 4.69) is 26.5 Å². The van der Waals surface area contributed by atoms with E-state index in [0.29, 0.717) is 44.8 Å². The van der Waals surface area contributed by atoms with Crippen LogP contribution in [-0.4, -0.2) is 34.9 Å². The molecule has 0 saturated heterocycles. The Labute approximate surface area is 240 Å². The molecule has 204 valence electrons. The maximum atomic E-state index is 13.3. The van der Waals surface area contributed by atoms with Gasteiger partial charge in [-0.1, -0.05) is 72.8 Å². The van der Waals surface area contributed by atoms with Crippen molar-refractivity contribution < 1.29 is 29.3 Å². The lowest BCUT2D eigenvalue weighted by molar-refractivity contribution is -0.136. The summed E-state index contributed by atoms with van der Waals surface area (Å²) in [5.74, 6) is -0.844. The molecule has 3 N–H and O–H groups in total. The van der Waals surface area contributed by atoms with Gasteiger partial charge in [0.15, 0.2) is 17.1 Å². The zero-order valence-electron chi connectivity index (χ0n) is 21.6. The Balaban J connectivity index is 1.54. The van der Waals surface area contributed by atoms with Crippen LogP contribution in [-0.2, 0) is 17.0 Å². The van der Waals surface area contributed by atoms with Crippen molar-refractivity contribution >= 4 is 34.0 Å². The van der Waals surface area contributed by atoms with Crippen molar-refractivity contribution in [2.24, 2.45) is 5.10 Å². The maximum Gasteiger partial charge on any atom is 0.335 e. The van der Waals surface area contributed by atoms with E-state index in [1.54, 1.807) is 91.0 Å². The molecule has 0 aliphatic heterocycles. The van der Waals surface area contributed by atoms with E-state index >= 15 is 0 Å². The van der Waals surface area contributed by atoms with Gasteiger partial charge in [-0.2, -0.15) is 5.10 Å². The molecule has 0 spiro atoms. The second kappa shape index (κ2) is 13.1. The molecule has 4 aromatic rings. The third-order valence-electron chi connectivity index (χ3n) is 6.01. The summed E-state index contributed by atoms with van der Waals surface area (Å²) in [5, 5.41) is 24.9. The number of carbonyl (C=O) groups is 2. The number of benzene rings is 4. The Hall–Kier alpha value is -4.47. The minimum atomic E-state index is -1.96. The summed E-state index contributed by atoms with van der Waals surface area (Å²) in [6, 6.07) is 27.2. The number of hydrogen-bond acceptors (Lipinski definition) is 6. The van der Waals surface area contributed by atoms with Crippen LogP contribution in [0.3, 0.4) is 0 Å². The summed E-state index contributed by atoms with van der Waals surface area (Å²) in [6.45, 7) is 2.35. The van der Waals surface area contributed by atoms with Gasteiger partial charge < -0.3 is 19.7 Å². The second-order valence-corrected chi connectivity index (χ2v) is 9.54. The van der Waals surface area contributed by atoms with Gasteiger partial charge in [-0.25, -0.2) is 10.2 Å². The number of aromatic carboxylic acids is 1. The largest absolute Gasteiger partial charge is 0.490 e. The fraction of sp³-hybridized carbons (Fsp3) is 0.129. The molecule has 0 aliphatic rings. The molecule has 0 heterocycles. The summed E-state index contributed by atoms with van der Waals surface area (Å²) in [6.07, 6.45) is 1.43. The molecule has 0 unspecified atom stereocenters. The van der Waals surface area contributed by atoms with Crippen molar-refractivity contribution in [2.75, 3.05) is 6.61 Å². The highest BCUT2D eigenvalue weighted by Crippen LogP contribution is 2.34. The fourth-order valence-corrected chi connectivity index (χ4v) is 4.44. The first kappa shape index (κ1) is 28.5. The molecule has 8 nitrogen and oxygen atoms in total. The van der Waals surface area contributed by atoms with Gasteiger partial charge in [0.25, 0.3) is 5.91 Å². The predicted octanol–water partition coefficient (Wildman–Crippen LogP) is 5.51. The Morgan fingerprint density at radius 3 is 2.12 bits per heavy atom. The lowest BCUT2D eigenvalue weighted by Gasteiger charge is -2.27. The lowest BCUT2D eigenvalue weighted by atomic mass is 9.85. The van der Waals surface area contributed by atoms with E-state index < -0.39 is 17.5 Å². The van der Waals surface area contributed by atoms with Gasteiger partial charge >= 0.3 is 5.97 Å². The van der Waals surface area contributed by atoms with Crippen LogP contribution in [0.1, 0.15) is 39.5 Å². The average Bonchev–Trinajstić information content (AvgIpc) is 2.98. The SMILES string of the molecule is CCOc1cc(/C=N\NC(=O)C(O)(c2ccccc2)c2ccccc2)c(Br)cc1OCc1cccc(C(=O)O)c1. The van der Waals surface area contributed by atoms with Gasteiger partial charge in [0.1, 0.15) is 6.61 Å². The highest BCUT2D eigenvalue weighted by molar-refractivity contribution is 9.10. The number of hydrogen-bond donors (Lipinski definition) is 3. The first-order chi connectivity index (χ1) is 19.3. The molecule has 0 fully saturated rings. The maximum absolute atomic E-state index is 13.3. The number of carboxylic acid groups (broad SMARTS) is 1. The van der Waals surface area contributed by atoms with E-state index in [1.807, 2.05) is 6.92 Å². The highest BCUT2D eigenvalue weighted by Gasteiger charge is 2.39. The Kier molecular flexibility index (Phi) is 9.31. The molecule has 0 aromatic heterocycles. The van der Waals surface area contributed by atoms with E-state index in [4.69, 9.17) is 9.47 Å². The van der Waals surface area contributed by atoms with Crippen LogP contribution in [0.5, 0.6) is 11.5 Å². The fourth-order valence-electron chi connectivity index (χ4n) is 4.02. The molecule has 1 amide bonds. The Bertz CT molecular complexity index is 1470. The van der Waals surface area contributed by atoms with Gasteiger partial charge in [0.2, 0.25) is 0 Å². The summed E-state index contributed by atoms with van der Waals surface area (Å²) < 4.78 is 12.3. The van der Waals surface area contributed by atoms with Gasteiger partial charge in [0, 0.05) is 10.0 Å². The second-order valence-electron chi connectivity index (χ2n) is 8.69.